The Morgan fingerprint density at radius 2 is 2.00 bits per heavy atom. The zero-order valence-electron chi connectivity index (χ0n) is 16.1. The molecule has 2 aromatic heterocycles. The van der Waals surface area contributed by atoms with Gasteiger partial charge in [0.1, 0.15) is 5.82 Å². The van der Waals surface area contributed by atoms with Crippen molar-refractivity contribution in [3.8, 4) is 5.69 Å². The molecular formula is C20H26N6O. The molecule has 0 amide bonds. The molecule has 142 valence electrons. The van der Waals surface area contributed by atoms with Gasteiger partial charge in [-0.3, -0.25) is 10.00 Å². The molecule has 7 heteroatoms. The van der Waals surface area contributed by atoms with Crippen LogP contribution in [0.1, 0.15) is 41.5 Å². The molecule has 0 radical (unpaired) electrons. The third-order valence-corrected chi connectivity index (χ3v) is 5.50. The molecule has 3 aromatic rings. The van der Waals surface area contributed by atoms with Crippen molar-refractivity contribution in [2.75, 3.05) is 13.1 Å². The van der Waals surface area contributed by atoms with Gasteiger partial charge in [-0.05, 0) is 45.4 Å². The summed E-state index contributed by atoms with van der Waals surface area (Å²) in [5, 5.41) is 12.0. The molecule has 0 aliphatic carbocycles. The van der Waals surface area contributed by atoms with Crippen LogP contribution in [-0.4, -0.2) is 42.5 Å². The molecule has 27 heavy (non-hydrogen) atoms. The second kappa shape index (κ2) is 7.15. The van der Waals surface area contributed by atoms with E-state index in [0.29, 0.717) is 0 Å². The molecule has 1 atom stereocenters. The summed E-state index contributed by atoms with van der Waals surface area (Å²) in [5.74, 6) is 1.10. The van der Waals surface area contributed by atoms with Gasteiger partial charge in [-0.1, -0.05) is 18.2 Å². The van der Waals surface area contributed by atoms with Gasteiger partial charge in [0.2, 0.25) is 0 Å². The lowest BCUT2D eigenvalue weighted by Gasteiger charge is -2.32. The highest BCUT2D eigenvalue weighted by Gasteiger charge is 2.28. The minimum absolute atomic E-state index is 0.0881. The fourth-order valence-electron chi connectivity index (χ4n) is 4.01. The number of likely N-dealkylation sites (tertiary alicyclic amines) is 1. The standard InChI is InChI=1S/C20H26N6O/c1-14-18(15(2)22-21-14)13-25-11-7-8-16(12-25)19-23-24(3)20(27)26(19)17-9-5-4-6-10-17/h4-6,9-10,16H,7-8,11-13H2,1-3H3,(H,21,22)/t16-/m0/s1. The summed E-state index contributed by atoms with van der Waals surface area (Å²) < 4.78 is 3.22. The maximum Gasteiger partial charge on any atom is 0.350 e. The Kier molecular flexibility index (Phi) is 4.70. The Hall–Kier alpha value is -2.67. The third kappa shape index (κ3) is 3.35. The lowest BCUT2D eigenvalue weighted by molar-refractivity contribution is 0.195. The fraction of sp³-hybridized carbons (Fsp3) is 0.450. The number of aromatic amines is 1. The van der Waals surface area contributed by atoms with Gasteiger partial charge in [-0.2, -0.15) is 10.2 Å². The molecule has 0 saturated carbocycles. The van der Waals surface area contributed by atoms with Crippen LogP contribution in [0.5, 0.6) is 0 Å². The fourth-order valence-corrected chi connectivity index (χ4v) is 4.01. The van der Waals surface area contributed by atoms with Crippen LogP contribution < -0.4 is 5.69 Å². The molecule has 7 nitrogen and oxygen atoms in total. The highest BCUT2D eigenvalue weighted by Crippen LogP contribution is 2.28. The van der Waals surface area contributed by atoms with Gasteiger partial charge in [0, 0.05) is 37.3 Å². The molecule has 1 N–H and O–H groups in total. The van der Waals surface area contributed by atoms with Crippen LogP contribution >= 0.6 is 0 Å². The molecule has 4 rings (SSSR count). The van der Waals surface area contributed by atoms with Crippen molar-refractivity contribution in [2.45, 2.75) is 39.2 Å². The van der Waals surface area contributed by atoms with Gasteiger partial charge in [-0.15, -0.1) is 0 Å². The van der Waals surface area contributed by atoms with E-state index in [1.54, 1.807) is 11.6 Å². The predicted molar refractivity (Wildman–Crippen MR) is 104 cm³/mol. The number of rotatable bonds is 4. The van der Waals surface area contributed by atoms with Crippen LogP contribution in [0.25, 0.3) is 5.69 Å². The zero-order valence-corrected chi connectivity index (χ0v) is 16.1. The number of aromatic nitrogens is 5. The Bertz CT molecular complexity index is 964. The molecule has 1 saturated heterocycles. The first-order valence-corrected chi connectivity index (χ1v) is 9.48. The van der Waals surface area contributed by atoms with Crippen LogP contribution in [0.4, 0.5) is 0 Å². The minimum atomic E-state index is -0.0881. The summed E-state index contributed by atoms with van der Waals surface area (Å²) >= 11 is 0. The second-order valence-electron chi connectivity index (χ2n) is 7.42. The van der Waals surface area contributed by atoms with E-state index in [9.17, 15) is 4.79 Å². The summed E-state index contributed by atoms with van der Waals surface area (Å²) in [6, 6.07) is 9.80. The van der Waals surface area contributed by atoms with Crippen molar-refractivity contribution in [3.05, 3.63) is 63.6 Å². The van der Waals surface area contributed by atoms with Gasteiger partial charge in [0.15, 0.2) is 0 Å². The SMILES string of the molecule is Cc1n[nH]c(C)c1CN1CCC[C@H](c2nn(C)c(=O)n2-c2ccccc2)C1. The first-order chi connectivity index (χ1) is 13.0. The zero-order chi connectivity index (χ0) is 19.0. The van der Waals surface area contributed by atoms with E-state index < -0.39 is 0 Å². The van der Waals surface area contributed by atoms with Gasteiger partial charge in [-0.25, -0.2) is 14.0 Å². The monoisotopic (exact) mass is 366 g/mol. The number of nitrogens with zero attached hydrogens (tertiary/aromatic N) is 5. The van der Waals surface area contributed by atoms with E-state index in [-0.39, 0.29) is 11.6 Å². The van der Waals surface area contributed by atoms with Crippen molar-refractivity contribution in [1.82, 2.24) is 29.4 Å². The number of hydrogen-bond acceptors (Lipinski definition) is 4. The topological polar surface area (TPSA) is 71.7 Å². The van der Waals surface area contributed by atoms with Crippen LogP contribution in [0.15, 0.2) is 35.1 Å². The summed E-state index contributed by atoms with van der Waals surface area (Å²) in [6.07, 6.45) is 2.14. The van der Waals surface area contributed by atoms with E-state index in [4.69, 9.17) is 0 Å². The highest BCUT2D eigenvalue weighted by molar-refractivity contribution is 5.33. The molecule has 1 aromatic carbocycles. The number of aryl methyl sites for hydroxylation is 3. The van der Waals surface area contributed by atoms with E-state index in [1.807, 2.05) is 37.3 Å². The average Bonchev–Trinajstić information content (AvgIpc) is 3.16. The normalized spacial score (nSPS) is 18.1. The number of benzene rings is 1. The summed E-state index contributed by atoms with van der Waals surface area (Å²) in [4.78, 5) is 15.1. The summed E-state index contributed by atoms with van der Waals surface area (Å²) in [7, 11) is 1.73. The number of para-hydroxylation sites is 1. The first-order valence-electron chi connectivity index (χ1n) is 9.48. The molecule has 0 spiro atoms. The van der Waals surface area contributed by atoms with Gasteiger partial charge in [0.25, 0.3) is 0 Å². The lowest BCUT2D eigenvalue weighted by atomic mass is 9.96. The lowest BCUT2D eigenvalue weighted by Crippen LogP contribution is -2.35. The van der Waals surface area contributed by atoms with E-state index in [0.717, 1.165) is 55.4 Å². The smallest absolute Gasteiger partial charge is 0.298 e. The molecule has 1 aliphatic heterocycles. The van der Waals surface area contributed by atoms with Crippen LogP contribution in [-0.2, 0) is 13.6 Å². The third-order valence-electron chi connectivity index (χ3n) is 5.50. The van der Waals surface area contributed by atoms with Crippen LogP contribution in [0, 0.1) is 13.8 Å². The Balaban J connectivity index is 1.62. The maximum absolute atomic E-state index is 12.7. The van der Waals surface area contributed by atoms with Gasteiger partial charge < -0.3 is 0 Å². The van der Waals surface area contributed by atoms with Crippen molar-refractivity contribution < 1.29 is 0 Å². The minimum Gasteiger partial charge on any atom is -0.298 e. The van der Waals surface area contributed by atoms with Crippen molar-refractivity contribution in [2.24, 2.45) is 7.05 Å². The first kappa shape index (κ1) is 17.7. The maximum atomic E-state index is 12.7. The second-order valence-corrected chi connectivity index (χ2v) is 7.42. The summed E-state index contributed by atoms with van der Waals surface area (Å²) in [5.41, 5.74) is 4.26. The molecule has 3 heterocycles. The van der Waals surface area contributed by atoms with Crippen LogP contribution in [0.2, 0.25) is 0 Å². The van der Waals surface area contributed by atoms with E-state index in [2.05, 4.69) is 27.1 Å². The van der Waals surface area contributed by atoms with Crippen molar-refractivity contribution in [1.29, 1.82) is 0 Å². The Labute approximate surface area is 158 Å². The number of hydrogen-bond donors (Lipinski definition) is 1. The number of H-pyrrole nitrogens is 1. The quantitative estimate of drug-likeness (QED) is 0.769. The Morgan fingerprint density at radius 1 is 1.22 bits per heavy atom. The predicted octanol–water partition coefficient (Wildman–Crippen LogP) is 2.29. The van der Waals surface area contributed by atoms with E-state index >= 15 is 0 Å². The molecule has 0 bridgehead atoms. The molecule has 1 aliphatic rings. The average molecular weight is 366 g/mol. The van der Waals surface area contributed by atoms with Crippen LogP contribution in [0.3, 0.4) is 0 Å². The van der Waals surface area contributed by atoms with E-state index in [1.165, 1.54) is 10.2 Å². The number of nitrogens with one attached hydrogen (secondary N) is 1. The van der Waals surface area contributed by atoms with Gasteiger partial charge in [0.05, 0.1) is 11.4 Å². The molecule has 0 unspecified atom stereocenters. The molecule has 1 fully saturated rings. The van der Waals surface area contributed by atoms with Gasteiger partial charge >= 0.3 is 5.69 Å². The largest absolute Gasteiger partial charge is 0.350 e. The summed E-state index contributed by atoms with van der Waals surface area (Å²) in [6.45, 7) is 6.96. The number of piperidine rings is 1. The van der Waals surface area contributed by atoms with Crippen molar-refractivity contribution >= 4 is 0 Å². The van der Waals surface area contributed by atoms with Crippen molar-refractivity contribution in [3.63, 3.8) is 0 Å². The molecular weight excluding hydrogens is 340 g/mol. The Morgan fingerprint density at radius 3 is 2.70 bits per heavy atom. The highest BCUT2D eigenvalue weighted by atomic mass is 16.2.